The summed E-state index contributed by atoms with van der Waals surface area (Å²) in [5.41, 5.74) is 1.31. The first-order valence-corrected chi connectivity index (χ1v) is 12.6. The van der Waals surface area contributed by atoms with Crippen molar-refractivity contribution >= 4 is 38.4 Å². The van der Waals surface area contributed by atoms with Crippen molar-refractivity contribution in [3.63, 3.8) is 0 Å². The molecule has 1 N–H and O–H groups in total. The van der Waals surface area contributed by atoms with Crippen molar-refractivity contribution in [1.29, 1.82) is 5.26 Å². The maximum atomic E-state index is 14.8. The Morgan fingerprint density at radius 3 is 2.66 bits per heavy atom. The lowest BCUT2D eigenvalue weighted by Crippen LogP contribution is -2.49. The van der Waals surface area contributed by atoms with Crippen molar-refractivity contribution in [2.75, 3.05) is 38.2 Å². The number of aromatic amines is 1. The molecular formula is C27H22BrFN6O3. The van der Waals surface area contributed by atoms with Crippen LogP contribution in [0, 0.1) is 17.1 Å². The van der Waals surface area contributed by atoms with E-state index in [4.69, 9.17) is 10.00 Å². The number of pyridine rings is 1. The number of hydrogen-bond acceptors (Lipinski definition) is 7. The average Bonchev–Trinajstić information content (AvgIpc) is 2.95. The van der Waals surface area contributed by atoms with E-state index in [1.54, 1.807) is 35.2 Å². The van der Waals surface area contributed by atoms with Gasteiger partial charge < -0.3 is 14.5 Å². The summed E-state index contributed by atoms with van der Waals surface area (Å²) in [5, 5.41) is 16.7. The molecule has 3 heterocycles. The number of H-pyrrole nitrogens is 1. The zero-order chi connectivity index (χ0) is 26.8. The Kier molecular flexibility index (Phi) is 7.07. The Hall–Kier alpha value is -4.30. The third-order valence-electron chi connectivity index (χ3n) is 6.54. The van der Waals surface area contributed by atoms with Gasteiger partial charge in [-0.15, -0.1) is 0 Å². The predicted molar refractivity (Wildman–Crippen MR) is 143 cm³/mol. The number of carbonyl (C=O) groups excluding carboxylic acids is 1. The van der Waals surface area contributed by atoms with E-state index in [2.05, 4.69) is 31.1 Å². The van der Waals surface area contributed by atoms with Crippen LogP contribution >= 0.6 is 15.9 Å². The molecule has 0 aliphatic carbocycles. The van der Waals surface area contributed by atoms with Gasteiger partial charge in [-0.05, 0) is 57.9 Å². The van der Waals surface area contributed by atoms with E-state index in [1.165, 1.54) is 25.4 Å². The minimum Gasteiger partial charge on any atom is -0.495 e. The van der Waals surface area contributed by atoms with Crippen molar-refractivity contribution in [2.24, 2.45) is 0 Å². The molecule has 1 fully saturated rings. The summed E-state index contributed by atoms with van der Waals surface area (Å²) >= 11 is 3.45. The number of anilines is 1. The zero-order valence-electron chi connectivity index (χ0n) is 20.4. The second kappa shape index (κ2) is 10.6. The smallest absolute Gasteiger partial charge is 0.272 e. The molecule has 11 heteroatoms. The van der Waals surface area contributed by atoms with Crippen LogP contribution in [0.4, 0.5) is 10.2 Å². The number of nitrogens with zero attached hydrogens (tertiary/aromatic N) is 5. The van der Waals surface area contributed by atoms with E-state index < -0.39 is 11.7 Å². The first-order chi connectivity index (χ1) is 18.4. The number of amides is 1. The quantitative estimate of drug-likeness (QED) is 0.385. The van der Waals surface area contributed by atoms with Crippen LogP contribution in [0.25, 0.3) is 10.8 Å². The predicted octanol–water partition coefficient (Wildman–Crippen LogP) is 3.65. The molecular weight excluding hydrogens is 555 g/mol. The third-order valence-corrected chi connectivity index (χ3v) is 7.16. The van der Waals surface area contributed by atoms with Crippen LogP contribution in [0.15, 0.2) is 57.9 Å². The van der Waals surface area contributed by atoms with E-state index >= 15 is 0 Å². The van der Waals surface area contributed by atoms with E-state index in [9.17, 15) is 14.0 Å². The largest absolute Gasteiger partial charge is 0.495 e. The topological polar surface area (TPSA) is 115 Å². The summed E-state index contributed by atoms with van der Waals surface area (Å²) in [4.78, 5) is 33.6. The molecule has 1 aliphatic heterocycles. The van der Waals surface area contributed by atoms with Gasteiger partial charge in [-0.3, -0.25) is 9.59 Å². The molecule has 9 nitrogen and oxygen atoms in total. The number of methoxy groups -OCH3 is 1. The highest BCUT2D eigenvalue weighted by atomic mass is 79.9. The number of benzene rings is 2. The fraction of sp³-hybridized carbons (Fsp3) is 0.222. The van der Waals surface area contributed by atoms with Gasteiger partial charge in [0.05, 0.1) is 39.2 Å². The average molecular weight is 577 g/mol. The standard InChI is InChI=1S/C27H22BrFN6O3/c1-38-25-20(28)5-4-18-24(25)22(32-33-26(18)36)13-16-2-6-21(29)19(12-16)27(37)35-10-8-34(9-11-35)23-7-3-17(14-30)15-31-23/h2-7,12,15H,8-11,13H2,1H3,(H,33,36). The lowest BCUT2D eigenvalue weighted by Gasteiger charge is -2.35. The molecule has 2 aromatic heterocycles. The molecule has 1 aliphatic rings. The Morgan fingerprint density at radius 2 is 1.97 bits per heavy atom. The summed E-state index contributed by atoms with van der Waals surface area (Å²) in [6, 6.07) is 13.4. The van der Waals surface area contributed by atoms with Crippen molar-refractivity contribution in [1.82, 2.24) is 20.1 Å². The van der Waals surface area contributed by atoms with Gasteiger partial charge in [0.2, 0.25) is 0 Å². The van der Waals surface area contributed by atoms with E-state index in [0.29, 0.717) is 64.0 Å². The summed E-state index contributed by atoms with van der Waals surface area (Å²) in [5.74, 6) is 0.210. The monoisotopic (exact) mass is 576 g/mol. The first kappa shape index (κ1) is 25.4. The van der Waals surface area contributed by atoms with Crippen LogP contribution < -0.4 is 15.2 Å². The van der Waals surface area contributed by atoms with E-state index in [-0.39, 0.29) is 17.5 Å². The molecule has 0 unspecified atom stereocenters. The minimum absolute atomic E-state index is 0.0191. The van der Waals surface area contributed by atoms with Crippen LogP contribution in [0.1, 0.15) is 27.2 Å². The summed E-state index contributed by atoms with van der Waals surface area (Å²) in [6.45, 7) is 1.88. The molecule has 1 amide bonds. The van der Waals surface area contributed by atoms with Gasteiger partial charge in [0, 0.05) is 38.8 Å². The molecule has 2 aromatic carbocycles. The summed E-state index contributed by atoms with van der Waals surface area (Å²) in [7, 11) is 1.51. The second-order valence-corrected chi connectivity index (χ2v) is 9.64. The van der Waals surface area contributed by atoms with Gasteiger partial charge in [0.1, 0.15) is 23.5 Å². The van der Waals surface area contributed by atoms with Crippen LogP contribution in [0.2, 0.25) is 0 Å². The van der Waals surface area contributed by atoms with E-state index in [0.717, 1.165) is 5.82 Å². The summed E-state index contributed by atoms with van der Waals surface area (Å²) in [6.07, 6.45) is 1.77. The first-order valence-electron chi connectivity index (χ1n) is 11.8. The van der Waals surface area contributed by atoms with Gasteiger partial charge in [-0.1, -0.05) is 6.07 Å². The molecule has 4 aromatic rings. The molecule has 0 radical (unpaired) electrons. The molecule has 1 saturated heterocycles. The van der Waals surface area contributed by atoms with Crippen LogP contribution in [-0.2, 0) is 6.42 Å². The number of nitrogens with one attached hydrogen (secondary N) is 1. The minimum atomic E-state index is -0.602. The fourth-order valence-corrected chi connectivity index (χ4v) is 5.07. The molecule has 0 saturated carbocycles. The van der Waals surface area contributed by atoms with Crippen molar-refractivity contribution in [3.05, 3.63) is 91.7 Å². The second-order valence-electron chi connectivity index (χ2n) is 8.79. The van der Waals surface area contributed by atoms with Gasteiger partial charge in [-0.25, -0.2) is 14.5 Å². The maximum Gasteiger partial charge on any atom is 0.272 e. The maximum absolute atomic E-state index is 14.8. The third kappa shape index (κ3) is 4.82. The Morgan fingerprint density at radius 1 is 1.18 bits per heavy atom. The highest BCUT2D eigenvalue weighted by molar-refractivity contribution is 9.10. The highest BCUT2D eigenvalue weighted by Crippen LogP contribution is 2.34. The highest BCUT2D eigenvalue weighted by Gasteiger charge is 2.25. The number of hydrogen-bond donors (Lipinski definition) is 1. The number of fused-ring (bicyclic) bond motifs is 1. The Balaban J connectivity index is 1.37. The Bertz CT molecular complexity index is 1630. The van der Waals surface area contributed by atoms with Gasteiger partial charge in [0.25, 0.3) is 11.5 Å². The fourth-order valence-electron chi connectivity index (χ4n) is 4.58. The molecule has 38 heavy (non-hydrogen) atoms. The van der Waals surface area contributed by atoms with Crippen LogP contribution in [0.3, 0.4) is 0 Å². The molecule has 0 atom stereocenters. The molecule has 0 bridgehead atoms. The van der Waals surface area contributed by atoms with Gasteiger partial charge in [0.15, 0.2) is 0 Å². The van der Waals surface area contributed by atoms with Crippen LogP contribution in [-0.4, -0.2) is 59.3 Å². The Labute approximate surface area is 225 Å². The van der Waals surface area contributed by atoms with Crippen molar-refractivity contribution < 1.29 is 13.9 Å². The number of halogens is 2. The number of carbonyl (C=O) groups is 1. The van der Waals surface area contributed by atoms with Crippen molar-refractivity contribution in [3.8, 4) is 11.8 Å². The molecule has 5 rings (SSSR count). The number of ether oxygens (including phenoxy) is 1. The molecule has 0 spiro atoms. The lowest BCUT2D eigenvalue weighted by atomic mass is 10.0. The van der Waals surface area contributed by atoms with Gasteiger partial charge in [-0.2, -0.15) is 10.4 Å². The number of aromatic nitrogens is 3. The van der Waals surface area contributed by atoms with Crippen molar-refractivity contribution in [2.45, 2.75) is 6.42 Å². The lowest BCUT2D eigenvalue weighted by molar-refractivity contribution is 0.0741. The normalized spacial score (nSPS) is 13.4. The number of piperazine rings is 1. The van der Waals surface area contributed by atoms with Crippen LogP contribution in [0.5, 0.6) is 5.75 Å². The zero-order valence-corrected chi connectivity index (χ0v) is 22.0. The van der Waals surface area contributed by atoms with Gasteiger partial charge >= 0.3 is 0 Å². The number of nitriles is 1. The van der Waals surface area contributed by atoms with E-state index in [1.807, 2.05) is 11.0 Å². The SMILES string of the molecule is COc1c(Br)ccc2c(=O)[nH]nc(Cc3ccc(F)c(C(=O)N4CCN(c5ccc(C#N)cn5)CC4)c3)c12. The molecule has 192 valence electrons. The summed E-state index contributed by atoms with van der Waals surface area (Å²) < 4.78 is 21.0. The number of rotatable bonds is 5.